The van der Waals surface area contributed by atoms with Crippen LogP contribution in [0.4, 0.5) is 0 Å². The number of benzene rings is 2. The molecule has 0 radical (unpaired) electrons. The smallest absolute Gasteiger partial charge is 0.251 e. The molecule has 0 aliphatic heterocycles. The van der Waals surface area contributed by atoms with Gasteiger partial charge in [-0.15, -0.1) is 0 Å². The van der Waals surface area contributed by atoms with E-state index in [-0.39, 0.29) is 5.91 Å². The van der Waals surface area contributed by atoms with Crippen molar-refractivity contribution in [2.45, 2.75) is 13.8 Å². The van der Waals surface area contributed by atoms with Crippen molar-refractivity contribution in [2.24, 2.45) is 0 Å². The van der Waals surface area contributed by atoms with Crippen LogP contribution in [-0.4, -0.2) is 13.0 Å². The van der Waals surface area contributed by atoms with E-state index in [2.05, 4.69) is 36.5 Å². The average molecular weight is 239 g/mol. The minimum atomic E-state index is -0.0383. The summed E-state index contributed by atoms with van der Waals surface area (Å²) < 4.78 is 0. The Morgan fingerprint density at radius 2 is 1.67 bits per heavy atom. The van der Waals surface area contributed by atoms with E-state index >= 15 is 0 Å². The van der Waals surface area contributed by atoms with Crippen molar-refractivity contribution >= 4 is 5.91 Å². The molecule has 0 saturated heterocycles. The molecule has 2 aromatic rings. The summed E-state index contributed by atoms with van der Waals surface area (Å²) >= 11 is 0. The van der Waals surface area contributed by atoms with Crippen LogP contribution < -0.4 is 5.32 Å². The minimum absolute atomic E-state index is 0.0383. The predicted molar refractivity (Wildman–Crippen MR) is 74.7 cm³/mol. The summed E-state index contributed by atoms with van der Waals surface area (Å²) in [6.07, 6.45) is 0. The first-order valence-electron chi connectivity index (χ1n) is 6.02. The summed E-state index contributed by atoms with van der Waals surface area (Å²) in [5, 5.41) is 2.70. The van der Waals surface area contributed by atoms with E-state index in [1.165, 1.54) is 5.56 Å². The number of hydrogen-bond acceptors (Lipinski definition) is 1. The number of amides is 1. The molecule has 0 spiro atoms. The molecular weight excluding hydrogens is 222 g/mol. The topological polar surface area (TPSA) is 29.1 Å². The molecule has 2 rings (SSSR count). The van der Waals surface area contributed by atoms with E-state index in [0.717, 1.165) is 22.3 Å². The molecule has 1 N–H and O–H groups in total. The van der Waals surface area contributed by atoms with Crippen molar-refractivity contribution < 1.29 is 4.79 Å². The van der Waals surface area contributed by atoms with Gasteiger partial charge in [0.2, 0.25) is 0 Å². The third-order valence-electron chi connectivity index (χ3n) is 3.09. The Kier molecular flexibility index (Phi) is 3.47. The zero-order chi connectivity index (χ0) is 13.1. The maximum atomic E-state index is 12.0. The van der Waals surface area contributed by atoms with Crippen LogP contribution in [0, 0.1) is 13.8 Å². The van der Waals surface area contributed by atoms with Crippen LogP contribution in [0.1, 0.15) is 21.5 Å². The molecule has 0 aliphatic carbocycles. The minimum Gasteiger partial charge on any atom is -0.355 e. The normalized spacial score (nSPS) is 10.2. The summed E-state index contributed by atoms with van der Waals surface area (Å²) in [4.78, 5) is 12.0. The lowest BCUT2D eigenvalue weighted by molar-refractivity contribution is 0.0963. The van der Waals surface area contributed by atoms with Gasteiger partial charge in [0, 0.05) is 7.05 Å². The molecule has 0 atom stereocenters. The maximum absolute atomic E-state index is 12.0. The predicted octanol–water partition coefficient (Wildman–Crippen LogP) is 3.33. The number of aryl methyl sites for hydroxylation is 2. The van der Waals surface area contributed by atoms with Crippen molar-refractivity contribution in [1.29, 1.82) is 0 Å². The lowest BCUT2D eigenvalue weighted by atomic mass is 9.95. The quantitative estimate of drug-likeness (QED) is 0.855. The van der Waals surface area contributed by atoms with E-state index in [1.54, 1.807) is 7.05 Å². The summed E-state index contributed by atoms with van der Waals surface area (Å²) in [6, 6.07) is 14.2. The molecule has 0 aromatic heterocycles. The van der Waals surface area contributed by atoms with Crippen molar-refractivity contribution in [3.63, 3.8) is 0 Å². The van der Waals surface area contributed by atoms with Gasteiger partial charge in [-0.3, -0.25) is 4.79 Å². The Morgan fingerprint density at radius 1 is 1.00 bits per heavy atom. The summed E-state index contributed by atoms with van der Waals surface area (Å²) in [7, 11) is 1.66. The van der Waals surface area contributed by atoms with Gasteiger partial charge in [0.25, 0.3) is 5.91 Å². The number of nitrogens with one attached hydrogen (secondary N) is 1. The Labute approximate surface area is 108 Å². The van der Waals surface area contributed by atoms with E-state index in [9.17, 15) is 4.79 Å². The van der Waals surface area contributed by atoms with Gasteiger partial charge in [-0.1, -0.05) is 48.0 Å². The first-order chi connectivity index (χ1) is 8.63. The van der Waals surface area contributed by atoms with Crippen LogP contribution in [0.15, 0.2) is 42.5 Å². The second kappa shape index (κ2) is 5.05. The second-order valence-electron chi connectivity index (χ2n) is 4.44. The Hall–Kier alpha value is -2.09. The SMILES string of the molecule is CNC(=O)c1c(C)cccc1-c1ccc(C)cc1. The number of carbonyl (C=O) groups is 1. The molecule has 0 unspecified atom stereocenters. The molecule has 2 heteroatoms. The third kappa shape index (κ3) is 2.28. The van der Waals surface area contributed by atoms with E-state index in [0.29, 0.717) is 0 Å². The zero-order valence-corrected chi connectivity index (χ0v) is 10.9. The fraction of sp³-hybridized carbons (Fsp3) is 0.188. The van der Waals surface area contributed by atoms with Gasteiger partial charge >= 0.3 is 0 Å². The van der Waals surface area contributed by atoms with Crippen LogP contribution >= 0.6 is 0 Å². The molecule has 0 fully saturated rings. The molecule has 2 nitrogen and oxygen atoms in total. The van der Waals surface area contributed by atoms with Gasteiger partial charge in [0.15, 0.2) is 0 Å². The van der Waals surface area contributed by atoms with Crippen LogP contribution in [-0.2, 0) is 0 Å². The summed E-state index contributed by atoms with van der Waals surface area (Å²) in [6.45, 7) is 4.02. The first kappa shape index (κ1) is 12.4. The molecule has 0 heterocycles. The van der Waals surface area contributed by atoms with Crippen molar-refractivity contribution in [2.75, 3.05) is 7.05 Å². The van der Waals surface area contributed by atoms with Crippen LogP contribution in [0.2, 0.25) is 0 Å². The molecule has 2 aromatic carbocycles. The number of carbonyl (C=O) groups excluding carboxylic acids is 1. The highest BCUT2D eigenvalue weighted by Crippen LogP contribution is 2.26. The highest BCUT2D eigenvalue weighted by Gasteiger charge is 2.13. The average Bonchev–Trinajstić information content (AvgIpc) is 2.38. The van der Waals surface area contributed by atoms with Gasteiger partial charge < -0.3 is 5.32 Å². The number of hydrogen-bond donors (Lipinski definition) is 1. The monoisotopic (exact) mass is 239 g/mol. The molecule has 1 amide bonds. The fourth-order valence-electron chi connectivity index (χ4n) is 2.07. The maximum Gasteiger partial charge on any atom is 0.251 e. The highest BCUT2D eigenvalue weighted by molar-refractivity contribution is 6.02. The largest absolute Gasteiger partial charge is 0.355 e. The van der Waals surface area contributed by atoms with Crippen LogP contribution in [0.3, 0.4) is 0 Å². The van der Waals surface area contributed by atoms with E-state index in [4.69, 9.17) is 0 Å². The van der Waals surface area contributed by atoms with Gasteiger partial charge in [-0.25, -0.2) is 0 Å². The Morgan fingerprint density at radius 3 is 2.28 bits per heavy atom. The van der Waals surface area contributed by atoms with Crippen molar-refractivity contribution in [3.05, 3.63) is 59.2 Å². The summed E-state index contributed by atoms with van der Waals surface area (Å²) in [5.41, 5.74) is 5.02. The molecule has 92 valence electrons. The molecular formula is C16H17NO. The number of rotatable bonds is 2. The van der Waals surface area contributed by atoms with E-state index < -0.39 is 0 Å². The molecule has 0 bridgehead atoms. The lowest BCUT2D eigenvalue weighted by Crippen LogP contribution is -2.19. The molecule has 0 saturated carbocycles. The highest BCUT2D eigenvalue weighted by atomic mass is 16.1. The van der Waals surface area contributed by atoms with Gasteiger partial charge in [0.05, 0.1) is 5.56 Å². The zero-order valence-electron chi connectivity index (χ0n) is 10.9. The molecule has 18 heavy (non-hydrogen) atoms. The van der Waals surface area contributed by atoms with Crippen LogP contribution in [0.5, 0.6) is 0 Å². The van der Waals surface area contributed by atoms with Crippen molar-refractivity contribution in [1.82, 2.24) is 5.32 Å². The van der Waals surface area contributed by atoms with Gasteiger partial charge in [-0.2, -0.15) is 0 Å². The lowest BCUT2D eigenvalue weighted by Gasteiger charge is -2.11. The Bertz CT molecular complexity index is 570. The molecule has 0 aliphatic rings. The Balaban J connectivity index is 2.60. The van der Waals surface area contributed by atoms with Gasteiger partial charge in [-0.05, 0) is 30.5 Å². The van der Waals surface area contributed by atoms with Crippen LogP contribution in [0.25, 0.3) is 11.1 Å². The van der Waals surface area contributed by atoms with Gasteiger partial charge in [0.1, 0.15) is 0 Å². The standard InChI is InChI=1S/C16H17NO/c1-11-7-9-13(10-8-11)14-6-4-5-12(2)15(14)16(18)17-3/h4-10H,1-3H3,(H,17,18). The fourth-order valence-corrected chi connectivity index (χ4v) is 2.07. The summed E-state index contributed by atoms with van der Waals surface area (Å²) in [5.74, 6) is -0.0383. The van der Waals surface area contributed by atoms with Crippen molar-refractivity contribution in [3.8, 4) is 11.1 Å². The van der Waals surface area contributed by atoms with E-state index in [1.807, 2.05) is 25.1 Å². The third-order valence-corrected chi connectivity index (χ3v) is 3.09. The second-order valence-corrected chi connectivity index (χ2v) is 4.44. The first-order valence-corrected chi connectivity index (χ1v) is 6.02.